The van der Waals surface area contributed by atoms with Gasteiger partial charge in [0.05, 0.1) is 0 Å². The molecule has 1 N–H and O–H groups in total. The maximum absolute atomic E-state index is 3.17. The van der Waals surface area contributed by atoms with Crippen LogP contribution < -0.4 is 5.32 Å². The third-order valence-corrected chi connectivity index (χ3v) is 3.38. The van der Waals surface area contributed by atoms with Crippen LogP contribution in [0.4, 0.5) is 0 Å². The maximum Gasteiger partial charge on any atom is 0.0345 e. The summed E-state index contributed by atoms with van der Waals surface area (Å²) in [5.41, 5.74) is 2.65. The van der Waals surface area contributed by atoms with Gasteiger partial charge in [0, 0.05) is 16.3 Å². The van der Waals surface area contributed by atoms with Gasteiger partial charge in [-0.15, -0.1) is 11.3 Å². The van der Waals surface area contributed by atoms with Gasteiger partial charge in [-0.2, -0.15) is 0 Å². The highest BCUT2D eigenvalue weighted by molar-refractivity contribution is 7.15. The van der Waals surface area contributed by atoms with E-state index in [1.807, 2.05) is 18.4 Å². The van der Waals surface area contributed by atoms with E-state index in [0.717, 1.165) is 6.54 Å². The van der Waals surface area contributed by atoms with E-state index in [1.165, 1.54) is 20.9 Å². The molecule has 1 heterocycles. The Balaban J connectivity index is 2.32. The lowest BCUT2D eigenvalue weighted by Crippen LogP contribution is -2.04. The molecule has 0 aliphatic heterocycles. The quantitative estimate of drug-likeness (QED) is 0.830. The fourth-order valence-corrected chi connectivity index (χ4v) is 2.49. The topological polar surface area (TPSA) is 12.0 Å². The summed E-state index contributed by atoms with van der Waals surface area (Å²) in [6, 6.07) is 13.1. The van der Waals surface area contributed by atoms with E-state index in [9.17, 15) is 0 Å². The lowest BCUT2D eigenvalue weighted by Gasteiger charge is -2.02. The SMILES string of the molecule is CNCc1cccc(-c2ccc(C)s2)c1. The van der Waals surface area contributed by atoms with Crippen molar-refractivity contribution in [2.24, 2.45) is 0 Å². The number of nitrogens with one attached hydrogen (secondary N) is 1. The van der Waals surface area contributed by atoms with Gasteiger partial charge in [-0.05, 0) is 43.3 Å². The van der Waals surface area contributed by atoms with Crippen LogP contribution in [0.25, 0.3) is 10.4 Å². The Morgan fingerprint density at radius 1 is 1.20 bits per heavy atom. The Labute approximate surface area is 94.8 Å². The maximum atomic E-state index is 3.17. The van der Waals surface area contributed by atoms with Crippen LogP contribution >= 0.6 is 11.3 Å². The van der Waals surface area contributed by atoms with Crippen LogP contribution in [0.5, 0.6) is 0 Å². The summed E-state index contributed by atoms with van der Waals surface area (Å²) in [5.74, 6) is 0. The fraction of sp³-hybridized carbons (Fsp3) is 0.231. The molecule has 0 aliphatic rings. The van der Waals surface area contributed by atoms with E-state index in [1.54, 1.807) is 0 Å². The van der Waals surface area contributed by atoms with Crippen molar-refractivity contribution in [2.75, 3.05) is 7.05 Å². The molecule has 2 heteroatoms. The largest absolute Gasteiger partial charge is 0.316 e. The van der Waals surface area contributed by atoms with Crippen molar-refractivity contribution in [3.8, 4) is 10.4 Å². The van der Waals surface area contributed by atoms with Crippen LogP contribution in [0, 0.1) is 6.92 Å². The van der Waals surface area contributed by atoms with Crippen LogP contribution in [0.1, 0.15) is 10.4 Å². The molecule has 0 spiro atoms. The van der Waals surface area contributed by atoms with Crippen molar-refractivity contribution < 1.29 is 0 Å². The summed E-state index contributed by atoms with van der Waals surface area (Å²) in [7, 11) is 1.97. The molecule has 1 nitrogen and oxygen atoms in total. The van der Waals surface area contributed by atoms with Gasteiger partial charge in [-0.1, -0.05) is 18.2 Å². The van der Waals surface area contributed by atoms with E-state index in [2.05, 4.69) is 48.6 Å². The molecule has 0 amide bonds. The van der Waals surface area contributed by atoms with Crippen molar-refractivity contribution in [3.05, 3.63) is 46.8 Å². The van der Waals surface area contributed by atoms with Crippen LogP contribution in [0.3, 0.4) is 0 Å². The number of thiophene rings is 1. The minimum Gasteiger partial charge on any atom is -0.316 e. The first-order valence-corrected chi connectivity index (χ1v) is 5.91. The van der Waals surface area contributed by atoms with Gasteiger partial charge in [0.15, 0.2) is 0 Å². The van der Waals surface area contributed by atoms with Gasteiger partial charge in [-0.25, -0.2) is 0 Å². The molecule has 0 unspecified atom stereocenters. The van der Waals surface area contributed by atoms with Crippen LogP contribution in [0.15, 0.2) is 36.4 Å². The average molecular weight is 217 g/mol. The van der Waals surface area contributed by atoms with Gasteiger partial charge in [0.2, 0.25) is 0 Å². The highest BCUT2D eigenvalue weighted by atomic mass is 32.1. The molecular weight excluding hydrogens is 202 g/mol. The molecule has 0 aliphatic carbocycles. The first kappa shape index (κ1) is 10.4. The zero-order chi connectivity index (χ0) is 10.7. The molecule has 2 rings (SSSR count). The molecule has 0 atom stereocenters. The number of hydrogen-bond donors (Lipinski definition) is 1. The Kier molecular flexibility index (Phi) is 3.19. The number of aryl methyl sites for hydroxylation is 1. The zero-order valence-electron chi connectivity index (χ0n) is 9.08. The summed E-state index contributed by atoms with van der Waals surface area (Å²) in [6.45, 7) is 3.07. The van der Waals surface area contributed by atoms with E-state index in [-0.39, 0.29) is 0 Å². The highest BCUT2D eigenvalue weighted by Gasteiger charge is 2.01. The van der Waals surface area contributed by atoms with E-state index in [4.69, 9.17) is 0 Å². The summed E-state index contributed by atoms with van der Waals surface area (Å²) in [5, 5.41) is 3.17. The molecule has 0 bridgehead atoms. The number of hydrogen-bond acceptors (Lipinski definition) is 2. The first-order valence-electron chi connectivity index (χ1n) is 5.10. The molecule has 78 valence electrons. The molecule has 0 fully saturated rings. The van der Waals surface area contributed by atoms with Gasteiger partial charge < -0.3 is 5.32 Å². The summed E-state index contributed by atoms with van der Waals surface area (Å²) in [6.07, 6.45) is 0. The summed E-state index contributed by atoms with van der Waals surface area (Å²) >= 11 is 1.85. The van der Waals surface area contributed by atoms with Crippen molar-refractivity contribution in [3.63, 3.8) is 0 Å². The summed E-state index contributed by atoms with van der Waals surface area (Å²) in [4.78, 5) is 2.72. The third kappa shape index (κ3) is 2.46. The molecule has 2 aromatic rings. The van der Waals surface area contributed by atoms with E-state index >= 15 is 0 Å². The predicted molar refractivity (Wildman–Crippen MR) is 67.3 cm³/mol. The molecular formula is C13H15NS. The van der Waals surface area contributed by atoms with Crippen LogP contribution in [-0.2, 0) is 6.54 Å². The minimum absolute atomic E-state index is 0.929. The molecule has 1 aromatic heterocycles. The molecule has 0 radical (unpaired) electrons. The van der Waals surface area contributed by atoms with Gasteiger partial charge in [-0.3, -0.25) is 0 Å². The second-order valence-electron chi connectivity index (χ2n) is 3.64. The Hall–Kier alpha value is -1.12. The monoisotopic (exact) mass is 217 g/mol. The van der Waals surface area contributed by atoms with Gasteiger partial charge >= 0.3 is 0 Å². The Bertz CT molecular complexity index is 445. The standard InChI is InChI=1S/C13H15NS/c1-10-6-7-13(15-10)12-5-3-4-11(8-12)9-14-2/h3-8,14H,9H2,1-2H3. The second-order valence-corrected chi connectivity index (χ2v) is 4.93. The van der Waals surface area contributed by atoms with Crippen molar-refractivity contribution in [2.45, 2.75) is 13.5 Å². The Morgan fingerprint density at radius 2 is 2.07 bits per heavy atom. The highest BCUT2D eigenvalue weighted by Crippen LogP contribution is 2.27. The molecule has 0 saturated carbocycles. The smallest absolute Gasteiger partial charge is 0.0345 e. The number of rotatable bonds is 3. The van der Waals surface area contributed by atoms with Crippen molar-refractivity contribution >= 4 is 11.3 Å². The predicted octanol–water partition coefficient (Wildman–Crippen LogP) is 3.44. The molecule has 0 saturated heterocycles. The van der Waals surface area contributed by atoms with Gasteiger partial charge in [0.1, 0.15) is 0 Å². The van der Waals surface area contributed by atoms with Crippen LogP contribution in [0.2, 0.25) is 0 Å². The average Bonchev–Trinajstić information content (AvgIpc) is 2.66. The van der Waals surface area contributed by atoms with Crippen molar-refractivity contribution in [1.82, 2.24) is 5.32 Å². The summed E-state index contributed by atoms with van der Waals surface area (Å²) < 4.78 is 0. The zero-order valence-corrected chi connectivity index (χ0v) is 9.90. The first-order chi connectivity index (χ1) is 7.29. The van der Waals surface area contributed by atoms with Crippen LogP contribution in [-0.4, -0.2) is 7.05 Å². The third-order valence-electron chi connectivity index (χ3n) is 2.33. The molecule has 1 aromatic carbocycles. The fourth-order valence-electron chi connectivity index (χ4n) is 1.63. The van der Waals surface area contributed by atoms with E-state index < -0.39 is 0 Å². The van der Waals surface area contributed by atoms with Gasteiger partial charge in [0.25, 0.3) is 0 Å². The molecule has 15 heavy (non-hydrogen) atoms. The number of benzene rings is 1. The minimum atomic E-state index is 0.929. The lowest BCUT2D eigenvalue weighted by atomic mass is 10.1. The van der Waals surface area contributed by atoms with Crippen molar-refractivity contribution in [1.29, 1.82) is 0 Å². The normalized spacial score (nSPS) is 10.5. The second kappa shape index (κ2) is 4.60. The van der Waals surface area contributed by atoms with E-state index in [0.29, 0.717) is 0 Å². The Morgan fingerprint density at radius 3 is 2.73 bits per heavy atom. The lowest BCUT2D eigenvalue weighted by molar-refractivity contribution is 0.818.